The maximum atomic E-state index is 14.6. The van der Waals surface area contributed by atoms with Crippen molar-refractivity contribution >= 4 is 0 Å². The first-order valence-electron chi connectivity index (χ1n) is 5.96. The highest BCUT2D eigenvalue weighted by molar-refractivity contribution is 5.20. The second-order valence-corrected chi connectivity index (χ2v) is 5.68. The van der Waals surface area contributed by atoms with E-state index >= 15 is 0 Å². The van der Waals surface area contributed by atoms with E-state index in [0.717, 1.165) is 6.92 Å². The molecule has 0 aromatic rings. The minimum absolute atomic E-state index is 0.423. The van der Waals surface area contributed by atoms with E-state index in [4.69, 9.17) is 0 Å². The van der Waals surface area contributed by atoms with Crippen LogP contribution in [0, 0.1) is 17.8 Å². The van der Waals surface area contributed by atoms with Crippen molar-refractivity contribution in [3.63, 3.8) is 0 Å². The number of hydrogen-bond donors (Lipinski definition) is 1. The summed E-state index contributed by atoms with van der Waals surface area (Å²) in [6, 6.07) is 0. The molecule has 20 heavy (non-hydrogen) atoms. The predicted molar refractivity (Wildman–Crippen MR) is 51.2 cm³/mol. The van der Waals surface area contributed by atoms with E-state index in [1.165, 1.54) is 0 Å². The first kappa shape index (κ1) is 15.8. The third-order valence-electron chi connectivity index (χ3n) is 4.71. The van der Waals surface area contributed by atoms with Crippen LogP contribution in [-0.2, 0) is 0 Å². The number of fused-ring (bicyclic) bond motifs is 2. The molecule has 2 aliphatic carbocycles. The molecule has 1 nitrogen and oxygen atoms in total. The Balaban J connectivity index is 2.52. The lowest BCUT2D eigenvalue weighted by Gasteiger charge is -2.47. The van der Waals surface area contributed by atoms with Crippen molar-refractivity contribution in [3.8, 4) is 0 Å². The summed E-state index contributed by atoms with van der Waals surface area (Å²) in [6.45, 7) is 1.07. The largest absolute Gasteiger partial charge is 0.429 e. The zero-order valence-electron chi connectivity index (χ0n) is 10.2. The van der Waals surface area contributed by atoms with Crippen molar-refractivity contribution in [2.45, 2.75) is 49.6 Å². The summed E-state index contributed by atoms with van der Waals surface area (Å²) in [5, 5.41) is 9.22. The Morgan fingerprint density at radius 2 is 1.50 bits per heavy atom. The molecule has 118 valence electrons. The molecular formula is C11H12F8O. The monoisotopic (exact) mass is 312 g/mol. The molecule has 0 spiro atoms. The Morgan fingerprint density at radius 1 is 1.05 bits per heavy atom. The normalized spacial score (nSPS) is 42.3. The molecule has 2 bridgehead atoms. The zero-order valence-corrected chi connectivity index (χ0v) is 10.2. The van der Waals surface area contributed by atoms with Crippen LogP contribution in [-0.4, -0.2) is 34.9 Å². The van der Waals surface area contributed by atoms with Crippen LogP contribution in [0.15, 0.2) is 0 Å². The van der Waals surface area contributed by atoms with Crippen molar-refractivity contribution in [1.29, 1.82) is 0 Å². The molecule has 0 heterocycles. The van der Waals surface area contributed by atoms with Gasteiger partial charge >= 0.3 is 12.4 Å². The molecule has 2 rings (SSSR count). The Hall–Kier alpha value is -0.600. The molecule has 2 aliphatic rings. The smallest absolute Gasteiger partial charge is 0.371 e. The Labute approximate surface area is 108 Å². The molecule has 0 aliphatic heterocycles. The summed E-state index contributed by atoms with van der Waals surface area (Å²) in [7, 11) is 0. The van der Waals surface area contributed by atoms with E-state index < -0.39 is 60.4 Å². The molecule has 0 aromatic carbocycles. The maximum absolute atomic E-state index is 14.6. The van der Waals surface area contributed by atoms with Crippen LogP contribution in [0.2, 0.25) is 0 Å². The summed E-state index contributed by atoms with van der Waals surface area (Å²) in [6.07, 6.45) is -15.8. The highest BCUT2D eigenvalue weighted by atomic mass is 19.4. The van der Waals surface area contributed by atoms with Crippen molar-refractivity contribution < 1.29 is 40.2 Å². The fourth-order valence-electron chi connectivity index (χ4n) is 3.70. The summed E-state index contributed by atoms with van der Waals surface area (Å²) in [5.41, 5.74) is -9.42. The lowest BCUT2D eigenvalue weighted by atomic mass is 9.68. The Kier molecular flexibility index (Phi) is 3.14. The van der Waals surface area contributed by atoms with Crippen LogP contribution < -0.4 is 0 Å². The van der Waals surface area contributed by atoms with Gasteiger partial charge in [0.15, 0.2) is 5.67 Å². The average Bonchev–Trinajstić information content (AvgIpc) is 2.73. The molecule has 0 radical (unpaired) electrons. The van der Waals surface area contributed by atoms with Crippen LogP contribution in [0.3, 0.4) is 0 Å². The molecule has 0 saturated heterocycles. The fourth-order valence-corrected chi connectivity index (χ4v) is 3.70. The van der Waals surface area contributed by atoms with Gasteiger partial charge in [-0.1, -0.05) is 6.92 Å². The maximum Gasteiger partial charge on any atom is 0.429 e. The summed E-state index contributed by atoms with van der Waals surface area (Å²) in [4.78, 5) is 0. The lowest BCUT2D eigenvalue weighted by Crippen LogP contribution is -2.71. The second kappa shape index (κ2) is 3.98. The lowest BCUT2D eigenvalue weighted by molar-refractivity contribution is -0.410. The van der Waals surface area contributed by atoms with Crippen molar-refractivity contribution in [3.05, 3.63) is 0 Å². The third-order valence-corrected chi connectivity index (χ3v) is 4.71. The molecule has 5 unspecified atom stereocenters. The standard InChI is InChI=1S/C11H12F8O/c1-4-6-2-5(7(4)12)3-8(6,13)9(20,10(14,15)16)11(17,18)19/h4-7,20H,2-3H2,1H3. The van der Waals surface area contributed by atoms with Crippen molar-refractivity contribution in [2.24, 2.45) is 17.8 Å². The number of alkyl halides is 8. The van der Waals surface area contributed by atoms with E-state index in [0.29, 0.717) is 0 Å². The van der Waals surface area contributed by atoms with Crippen LogP contribution in [0.4, 0.5) is 35.1 Å². The number of halogens is 8. The summed E-state index contributed by atoms with van der Waals surface area (Å²) in [5.74, 6) is -4.33. The average molecular weight is 312 g/mol. The van der Waals surface area contributed by atoms with Gasteiger partial charge in [-0.3, -0.25) is 0 Å². The minimum Gasteiger partial charge on any atom is -0.371 e. The van der Waals surface area contributed by atoms with Crippen molar-refractivity contribution in [1.82, 2.24) is 0 Å². The van der Waals surface area contributed by atoms with Gasteiger partial charge in [0.1, 0.15) is 6.17 Å². The molecule has 5 atom stereocenters. The zero-order chi connectivity index (χ0) is 15.7. The minimum atomic E-state index is -6.23. The highest BCUT2D eigenvalue weighted by Gasteiger charge is 2.85. The van der Waals surface area contributed by atoms with Crippen LogP contribution in [0.25, 0.3) is 0 Å². The van der Waals surface area contributed by atoms with Gasteiger partial charge in [-0.15, -0.1) is 0 Å². The van der Waals surface area contributed by atoms with Gasteiger partial charge < -0.3 is 5.11 Å². The molecule has 0 amide bonds. The van der Waals surface area contributed by atoms with Gasteiger partial charge in [0.25, 0.3) is 5.60 Å². The fraction of sp³-hybridized carbons (Fsp3) is 1.00. The van der Waals surface area contributed by atoms with E-state index in [2.05, 4.69) is 0 Å². The van der Waals surface area contributed by atoms with E-state index in [-0.39, 0.29) is 0 Å². The van der Waals surface area contributed by atoms with Gasteiger partial charge in [0, 0.05) is 5.92 Å². The van der Waals surface area contributed by atoms with E-state index in [1.807, 2.05) is 0 Å². The number of hydrogen-bond acceptors (Lipinski definition) is 1. The highest BCUT2D eigenvalue weighted by Crippen LogP contribution is 2.65. The summed E-state index contributed by atoms with van der Waals surface area (Å²) < 4.78 is 105. The first-order chi connectivity index (χ1) is 8.77. The van der Waals surface area contributed by atoms with Crippen LogP contribution in [0.1, 0.15) is 19.8 Å². The quantitative estimate of drug-likeness (QED) is 0.734. The molecule has 1 N–H and O–H groups in total. The molecule has 2 fully saturated rings. The van der Waals surface area contributed by atoms with Gasteiger partial charge in [-0.05, 0) is 24.7 Å². The third kappa shape index (κ3) is 1.64. The van der Waals surface area contributed by atoms with E-state index in [9.17, 15) is 40.2 Å². The van der Waals surface area contributed by atoms with Crippen molar-refractivity contribution in [2.75, 3.05) is 0 Å². The molecule has 0 aromatic heterocycles. The second-order valence-electron chi connectivity index (χ2n) is 5.68. The first-order valence-corrected chi connectivity index (χ1v) is 5.96. The van der Waals surface area contributed by atoms with Crippen LogP contribution in [0.5, 0.6) is 0 Å². The predicted octanol–water partition coefficient (Wildman–Crippen LogP) is 3.56. The topological polar surface area (TPSA) is 20.2 Å². The Bertz CT molecular complexity index is 386. The SMILES string of the molecule is CC1C(F)C2CC1C(F)(C(O)(C(F)(F)F)C(F)(F)F)C2. The van der Waals surface area contributed by atoms with Gasteiger partial charge in [-0.2, -0.15) is 26.3 Å². The van der Waals surface area contributed by atoms with Gasteiger partial charge in [0.2, 0.25) is 0 Å². The van der Waals surface area contributed by atoms with Crippen LogP contribution >= 0.6 is 0 Å². The number of rotatable bonds is 1. The number of aliphatic hydroxyl groups is 1. The molecule has 9 heteroatoms. The van der Waals surface area contributed by atoms with Gasteiger partial charge in [-0.25, -0.2) is 8.78 Å². The van der Waals surface area contributed by atoms with Gasteiger partial charge in [0.05, 0.1) is 0 Å². The summed E-state index contributed by atoms with van der Waals surface area (Å²) >= 11 is 0. The molecular weight excluding hydrogens is 300 g/mol. The molecule has 2 saturated carbocycles. The Morgan fingerprint density at radius 3 is 1.80 bits per heavy atom. The van der Waals surface area contributed by atoms with E-state index in [1.54, 1.807) is 0 Å².